The van der Waals surface area contributed by atoms with Crippen molar-refractivity contribution < 1.29 is 23.1 Å². The standard InChI is InChI=1S/C25H23F2N3O3/c1-32-24-5-3-2-4-22(24)28-25(31)30(15-17-6-10-19(26)11-7-17)16-21-14-23(29-33-21)18-8-12-20(27)13-9-18/h2-13,21H,14-16H2,1H3,(H,28,31). The maximum Gasteiger partial charge on any atom is 0.322 e. The van der Waals surface area contributed by atoms with E-state index in [0.29, 0.717) is 23.6 Å². The van der Waals surface area contributed by atoms with Gasteiger partial charge >= 0.3 is 6.03 Å². The fourth-order valence-electron chi connectivity index (χ4n) is 3.56. The number of anilines is 1. The molecular weight excluding hydrogens is 428 g/mol. The van der Waals surface area contributed by atoms with Crippen LogP contribution in [0.25, 0.3) is 0 Å². The highest BCUT2D eigenvalue weighted by atomic mass is 19.1. The number of rotatable bonds is 7. The molecule has 2 amide bonds. The lowest BCUT2D eigenvalue weighted by molar-refractivity contribution is 0.0608. The molecule has 4 rings (SSSR count). The third-order valence-electron chi connectivity index (χ3n) is 5.26. The molecule has 0 spiro atoms. The van der Waals surface area contributed by atoms with Crippen LogP contribution in [0.1, 0.15) is 17.5 Å². The number of carbonyl (C=O) groups excluding carboxylic acids is 1. The van der Waals surface area contributed by atoms with Gasteiger partial charge in [0, 0.05) is 13.0 Å². The number of hydrogen-bond donors (Lipinski definition) is 1. The van der Waals surface area contributed by atoms with Crippen LogP contribution in [0.4, 0.5) is 19.3 Å². The van der Waals surface area contributed by atoms with Crippen molar-refractivity contribution in [3.05, 3.63) is 95.6 Å². The Morgan fingerprint density at radius 1 is 1.06 bits per heavy atom. The average molecular weight is 451 g/mol. The second-order valence-corrected chi connectivity index (χ2v) is 7.61. The molecule has 0 radical (unpaired) electrons. The summed E-state index contributed by atoms with van der Waals surface area (Å²) in [5.41, 5.74) is 2.75. The Morgan fingerprint density at radius 3 is 2.42 bits per heavy atom. The quantitative estimate of drug-likeness (QED) is 0.537. The third kappa shape index (κ3) is 5.65. The van der Waals surface area contributed by atoms with Crippen molar-refractivity contribution in [2.45, 2.75) is 19.1 Å². The van der Waals surface area contributed by atoms with Crippen LogP contribution in [-0.4, -0.2) is 36.4 Å². The zero-order chi connectivity index (χ0) is 23.2. The minimum atomic E-state index is -0.381. The SMILES string of the molecule is COc1ccccc1NC(=O)N(Cc1ccc(F)cc1)CC1CC(c2ccc(F)cc2)=NO1. The number of ether oxygens (including phenoxy) is 1. The van der Waals surface area contributed by atoms with E-state index >= 15 is 0 Å². The summed E-state index contributed by atoms with van der Waals surface area (Å²) in [6.07, 6.45) is 0.0851. The molecule has 1 atom stereocenters. The summed E-state index contributed by atoms with van der Waals surface area (Å²) in [5.74, 6) is -0.139. The minimum absolute atomic E-state index is 0.243. The smallest absolute Gasteiger partial charge is 0.322 e. The van der Waals surface area contributed by atoms with Gasteiger partial charge in [0.05, 0.1) is 25.1 Å². The molecule has 3 aromatic rings. The molecular formula is C25H23F2N3O3. The van der Waals surface area contributed by atoms with E-state index in [0.717, 1.165) is 11.1 Å². The Kier molecular flexibility index (Phi) is 6.83. The van der Waals surface area contributed by atoms with Gasteiger partial charge in [-0.15, -0.1) is 0 Å². The molecule has 0 bridgehead atoms. The zero-order valence-electron chi connectivity index (χ0n) is 18.0. The first-order valence-electron chi connectivity index (χ1n) is 10.4. The molecule has 3 aromatic carbocycles. The lowest BCUT2D eigenvalue weighted by Gasteiger charge is -2.25. The number of carbonyl (C=O) groups is 1. The van der Waals surface area contributed by atoms with Gasteiger partial charge in [-0.05, 0) is 47.5 Å². The molecule has 1 heterocycles. The van der Waals surface area contributed by atoms with Crippen molar-refractivity contribution in [2.75, 3.05) is 19.0 Å². The van der Waals surface area contributed by atoms with Gasteiger partial charge in [-0.3, -0.25) is 0 Å². The first kappa shape index (κ1) is 22.3. The normalized spacial score (nSPS) is 14.9. The van der Waals surface area contributed by atoms with Crippen LogP contribution in [-0.2, 0) is 11.4 Å². The second-order valence-electron chi connectivity index (χ2n) is 7.61. The van der Waals surface area contributed by atoms with E-state index in [1.165, 1.54) is 31.4 Å². The number of methoxy groups -OCH3 is 1. The molecule has 1 unspecified atom stereocenters. The Balaban J connectivity index is 1.48. The van der Waals surface area contributed by atoms with E-state index in [2.05, 4.69) is 10.5 Å². The largest absolute Gasteiger partial charge is 0.495 e. The zero-order valence-corrected chi connectivity index (χ0v) is 18.0. The van der Waals surface area contributed by atoms with Crippen LogP contribution < -0.4 is 10.1 Å². The highest BCUT2D eigenvalue weighted by Gasteiger charge is 2.27. The number of nitrogens with one attached hydrogen (secondary N) is 1. The van der Waals surface area contributed by atoms with Gasteiger partial charge in [-0.1, -0.05) is 41.6 Å². The Morgan fingerprint density at radius 2 is 1.73 bits per heavy atom. The summed E-state index contributed by atoms with van der Waals surface area (Å²) in [6.45, 7) is 0.486. The first-order valence-corrected chi connectivity index (χ1v) is 10.4. The number of halogens is 2. The van der Waals surface area contributed by atoms with E-state index in [-0.39, 0.29) is 36.9 Å². The molecule has 1 aliphatic rings. The highest BCUT2D eigenvalue weighted by Crippen LogP contribution is 2.24. The summed E-state index contributed by atoms with van der Waals surface area (Å²) in [6, 6.07) is 18.7. The maximum atomic E-state index is 13.3. The summed E-state index contributed by atoms with van der Waals surface area (Å²) in [7, 11) is 1.53. The van der Waals surface area contributed by atoms with E-state index in [4.69, 9.17) is 9.57 Å². The fourth-order valence-corrected chi connectivity index (χ4v) is 3.56. The molecule has 1 N–H and O–H groups in total. The Bertz CT molecular complexity index is 1130. The molecule has 170 valence electrons. The van der Waals surface area contributed by atoms with Crippen LogP contribution >= 0.6 is 0 Å². The van der Waals surface area contributed by atoms with Gasteiger partial charge in [0.15, 0.2) is 6.10 Å². The predicted molar refractivity (Wildman–Crippen MR) is 121 cm³/mol. The molecule has 6 nitrogen and oxygen atoms in total. The fraction of sp³-hybridized carbons (Fsp3) is 0.200. The summed E-state index contributed by atoms with van der Waals surface area (Å²) >= 11 is 0. The monoisotopic (exact) mass is 451 g/mol. The maximum absolute atomic E-state index is 13.3. The number of nitrogens with zero attached hydrogens (tertiary/aromatic N) is 2. The van der Waals surface area contributed by atoms with Crippen LogP contribution in [0.15, 0.2) is 78.0 Å². The summed E-state index contributed by atoms with van der Waals surface area (Å²) in [5, 5.41) is 7.00. The molecule has 33 heavy (non-hydrogen) atoms. The van der Waals surface area contributed by atoms with Crippen LogP contribution in [0.5, 0.6) is 5.75 Å². The van der Waals surface area contributed by atoms with Gasteiger partial charge in [0.25, 0.3) is 0 Å². The predicted octanol–water partition coefficient (Wildman–Crippen LogP) is 5.20. The van der Waals surface area contributed by atoms with Crippen molar-refractivity contribution in [1.82, 2.24) is 4.90 Å². The molecule has 8 heteroatoms. The lowest BCUT2D eigenvalue weighted by Crippen LogP contribution is -2.40. The van der Waals surface area contributed by atoms with Gasteiger partial charge in [-0.2, -0.15) is 0 Å². The third-order valence-corrected chi connectivity index (χ3v) is 5.26. The number of amides is 2. The second kappa shape index (κ2) is 10.1. The molecule has 0 aromatic heterocycles. The van der Waals surface area contributed by atoms with Crippen LogP contribution in [0.3, 0.4) is 0 Å². The van der Waals surface area contributed by atoms with E-state index in [1.54, 1.807) is 47.4 Å². The van der Waals surface area contributed by atoms with Crippen molar-refractivity contribution in [3.8, 4) is 5.75 Å². The van der Waals surface area contributed by atoms with Gasteiger partial charge in [0.2, 0.25) is 0 Å². The van der Waals surface area contributed by atoms with Gasteiger partial charge in [-0.25, -0.2) is 13.6 Å². The number of hydrogen-bond acceptors (Lipinski definition) is 4. The molecule has 0 aliphatic carbocycles. The van der Waals surface area contributed by atoms with Crippen molar-refractivity contribution in [1.29, 1.82) is 0 Å². The minimum Gasteiger partial charge on any atom is -0.495 e. The van der Waals surface area contributed by atoms with Gasteiger partial charge in [0.1, 0.15) is 17.4 Å². The number of para-hydroxylation sites is 2. The molecule has 0 saturated heterocycles. The number of oxime groups is 1. The lowest BCUT2D eigenvalue weighted by atomic mass is 10.0. The van der Waals surface area contributed by atoms with Crippen LogP contribution in [0, 0.1) is 11.6 Å². The average Bonchev–Trinajstić information content (AvgIpc) is 3.29. The number of benzene rings is 3. The van der Waals surface area contributed by atoms with Crippen molar-refractivity contribution >= 4 is 17.4 Å². The number of urea groups is 1. The summed E-state index contributed by atoms with van der Waals surface area (Å²) in [4.78, 5) is 20.3. The molecule has 0 fully saturated rings. The summed E-state index contributed by atoms with van der Waals surface area (Å²) < 4.78 is 31.9. The Labute approximate surface area is 190 Å². The van der Waals surface area contributed by atoms with Gasteiger partial charge < -0.3 is 19.8 Å². The molecule has 1 aliphatic heterocycles. The van der Waals surface area contributed by atoms with Crippen molar-refractivity contribution in [3.63, 3.8) is 0 Å². The van der Waals surface area contributed by atoms with Crippen molar-refractivity contribution in [2.24, 2.45) is 5.16 Å². The Hall–Kier alpha value is -3.94. The first-order chi connectivity index (χ1) is 16.0. The topological polar surface area (TPSA) is 63.2 Å². The van der Waals surface area contributed by atoms with E-state index in [9.17, 15) is 13.6 Å². The van der Waals surface area contributed by atoms with Crippen LogP contribution in [0.2, 0.25) is 0 Å². The van der Waals surface area contributed by atoms with E-state index in [1.807, 2.05) is 6.07 Å². The van der Waals surface area contributed by atoms with E-state index < -0.39 is 0 Å². The highest BCUT2D eigenvalue weighted by molar-refractivity contribution is 6.01. The molecule has 0 saturated carbocycles.